The van der Waals surface area contributed by atoms with Crippen molar-refractivity contribution in [1.82, 2.24) is 25.8 Å². The molecule has 47 heavy (non-hydrogen) atoms. The molecule has 14 heteroatoms. The maximum Gasteiger partial charge on any atom is 0.389 e. The third-order valence-electron chi connectivity index (χ3n) is 9.27. The van der Waals surface area contributed by atoms with Gasteiger partial charge in [-0.25, -0.2) is 4.79 Å². The number of pyridine rings is 1. The molecule has 4 atom stereocenters. The highest BCUT2D eigenvalue weighted by Crippen LogP contribution is 2.35. The molecule has 2 fully saturated rings. The van der Waals surface area contributed by atoms with Gasteiger partial charge in [-0.1, -0.05) is 59.9 Å². The van der Waals surface area contributed by atoms with E-state index in [1.807, 2.05) is 32.0 Å². The molecule has 1 aliphatic carbocycles. The maximum atomic E-state index is 14.3. The number of carbonyl (C=O) groups is 5. The highest BCUT2D eigenvalue weighted by atomic mass is 19.4. The van der Waals surface area contributed by atoms with Crippen LogP contribution in [-0.4, -0.2) is 75.8 Å². The Bertz CT molecular complexity index is 1280. The molecule has 11 nitrogen and oxygen atoms in total. The van der Waals surface area contributed by atoms with Crippen LogP contribution < -0.4 is 21.7 Å². The monoisotopic (exact) mass is 666 g/mol. The lowest BCUT2D eigenvalue weighted by molar-refractivity contribution is -0.147. The van der Waals surface area contributed by atoms with Gasteiger partial charge in [0.05, 0.1) is 6.04 Å². The van der Waals surface area contributed by atoms with Gasteiger partial charge in [-0.15, -0.1) is 0 Å². The van der Waals surface area contributed by atoms with Crippen molar-refractivity contribution in [3.63, 3.8) is 0 Å². The summed E-state index contributed by atoms with van der Waals surface area (Å²) in [5.74, 6) is -4.74. The van der Waals surface area contributed by atoms with Crippen molar-refractivity contribution in [2.24, 2.45) is 23.0 Å². The van der Waals surface area contributed by atoms with E-state index in [9.17, 15) is 37.1 Å². The molecule has 1 aromatic heterocycles. The number of nitrogens with two attached hydrogens (primary N) is 1. The molecule has 1 aliphatic heterocycles. The third-order valence-corrected chi connectivity index (χ3v) is 9.27. The van der Waals surface area contributed by atoms with E-state index in [1.54, 1.807) is 27.0 Å². The van der Waals surface area contributed by atoms with Gasteiger partial charge in [0.15, 0.2) is 0 Å². The van der Waals surface area contributed by atoms with E-state index in [-0.39, 0.29) is 12.5 Å². The van der Waals surface area contributed by atoms with Crippen LogP contribution in [0.2, 0.25) is 0 Å². The lowest BCUT2D eigenvalue weighted by Crippen LogP contribution is -2.63. The second kappa shape index (κ2) is 15.5. The summed E-state index contributed by atoms with van der Waals surface area (Å²) in [7, 11) is 0. The summed E-state index contributed by atoms with van der Waals surface area (Å²) in [6, 6.07) is 1.06. The van der Waals surface area contributed by atoms with Gasteiger partial charge in [0.1, 0.15) is 12.1 Å². The first-order valence-corrected chi connectivity index (χ1v) is 16.3. The van der Waals surface area contributed by atoms with Crippen molar-refractivity contribution in [1.29, 1.82) is 0 Å². The minimum atomic E-state index is -4.64. The molecule has 1 unspecified atom stereocenters. The smallest absolute Gasteiger partial charge is 0.363 e. The molecule has 2 aliphatic rings. The number of nitrogens with zero attached hydrogens (tertiary/aromatic N) is 2. The van der Waals surface area contributed by atoms with Crippen molar-refractivity contribution in [2.75, 3.05) is 6.54 Å². The van der Waals surface area contributed by atoms with Crippen LogP contribution in [0.3, 0.4) is 0 Å². The van der Waals surface area contributed by atoms with Crippen LogP contribution in [0.4, 0.5) is 18.0 Å². The van der Waals surface area contributed by atoms with Gasteiger partial charge >= 0.3 is 12.2 Å². The zero-order chi connectivity index (χ0) is 35.2. The van der Waals surface area contributed by atoms with Gasteiger partial charge in [-0.3, -0.25) is 24.2 Å². The Balaban J connectivity index is 1.85. The van der Waals surface area contributed by atoms with E-state index in [1.165, 1.54) is 4.90 Å². The number of ketones is 1. The Morgan fingerprint density at radius 3 is 2.23 bits per heavy atom. The number of hydrogen-bond donors (Lipinski definition) is 4. The minimum absolute atomic E-state index is 0.119. The van der Waals surface area contributed by atoms with Crippen molar-refractivity contribution < 1.29 is 37.1 Å². The Labute approximate surface area is 274 Å². The standard InChI is InChI=1S/C33H49F3N6O5/c1-20(2)22-13-18-42(24(22)28(45)39-23(25(43)27(37)44)12-16-33(34,35)36)29(46)26(31(3,4)5)40-30(47)41-32(14-8-6-9-15-32)19-21-11-7-10-17-38-21/h7,10-11,17,20,22-24,26H,6,8-9,12-16,18-19H2,1-5H3,(H2,37,44)(H,39,45)(H2,40,41,47)/t22-,23?,24+,26-/m1/s1. The molecule has 1 saturated carbocycles. The average Bonchev–Trinajstić information content (AvgIpc) is 3.43. The summed E-state index contributed by atoms with van der Waals surface area (Å²) in [6.07, 6.45) is 0.0934. The van der Waals surface area contributed by atoms with Crippen LogP contribution in [0.25, 0.3) is 0 Å². The highest BCUT2D eigenvalue weighted by molar-refractivity contribution is 6.37. The Morgan fingerprint density at radius 2 is 1.70 bits per heavy atom. The largest absolute Gasteiger partial charge is 0.389 e. The van der Waals surface area contributed by atoms with E-state index in [0.717, 1.165) is 37.8 Å². The van der Waals surface area contributed by atoms with Crippen molar-refractivity contribution in [3.05, 3.63) is 30.1 Å². The van der Waals surface area contributed by atoms with Gasteiger partial charge in [-0.05, 0) is 55.1 Å². The minimum Gasteiger partial charge on any atom is -0.363 e. The van der Waals surface area contributed by atoms with Crippen molar-refractivity contribution in [3.8, 4) is 0 Å². The summed E-state index contributed by atoms with van der Waals surface area (Å²) < 4.78 is 39.0. The summed E-state index contributed by atoms with van der Waals surface area (Å²) in [6.45, 7) is 9.20. The van der Waals surface area contributed by atoms with Crippen LogP contribution in [0.1, 0.15) is 91.7 Å². The lowest BCUT2D eigenvalue weighted by Gasteiger charge is -2.40. The number of Topliss-reactive ketones (excluding diaryl/α,β-unsaturated/α-hetero) is 1. The number of urea groups is 1. The first-order valence-electron chi connectivity index (χ1n) is 16.3. The lowest BCUT2D eigenvalue weighted by atomic mass is 9.78. The predicted octanol–water partition coefficient (Wildman–Crippen LogP) is 3.80. The fourth-order valence-corrected chi connectivity index (χ4v) is 6.75. The number of primary amides is 1. The van der Waals surface area contributed by atoms with Crippen LogP contribution in [0.15, 0.2) is 24.4 Å². The number of hydrogen-bond acceptors (Lipinski definition) is 6. The Kier molecular flexibility index (Phi) is 12.4. The van der Waals surface area contributed by atoms with Crippen LogP contribution >= 0.6 is 0 Å². The zero-order valence-corrected chi connectivity index (χ0v) is 27.9. The number of halogens is 3. The van der Waals surface area contributed by atoms with Gasteiger partial charge in [0.2, 0.25) is 17.6 Å². The summed E-state index contributed by atoms with van der Waals surface area (Å²) >= 11 is 0. The van der Waals surface area contributed by atoms with E-state index in [2.05, 4.69) is 20.9 Å². The first-order chi connectivity index (χ1) is 21.8. The number of aromatic nitrogens is 1. The van der Waals surface area contributed by atoms with Gasteiger partial charge in [-0.2, -0.15) is 13.2 Å². The predicted molar refractivity (Wildman–Crippen MR) is 169 cm³/mol. The SMILES string of the molecule is CC(C)[C@H]1CCN(C(=O)[C@@H](NC(=O)NC2(Cc3ccccn3)CCCCC2)C(C)(C)C)[C@@H]1C(=O)NC(CCC(F)(F)F)C(=O)C(N)=O. The second-order valence-electron chi connectivity index (χ2n) is 14.4. The fraction of sp³-hybridized carbons (Fsp3) is 0.697. The molecule has 5 amide bonds. The molecule has 0 bridgehead atoms. The molecule has 5 N–H and O–H groups in total. The zero-order valence-electron chi connectivity index (χ0n) is 27.9. The van der Waals surface area contributed by atoms with Crippen LogP contribution in [0, 0.1) is 17.3 Å². The molecule has 0 radical (unpaired) electrons. The molecule has 0 aromatic carbocycles. The number of alkyl halides is 3. The summed E-state index contributed by atoms with van der Waals surface area (Å²) in [5, 5.41) is 8.32. The quantitative estimate of drug-likeness (QED) is 0.248. The molecule has 262 valence electrons. The van der Waals surface area contributed by atoms with Gasteiger partial charge < -0.3 is 26.6 Å². The number of amides is 5. The normalized spacial score (nSPS) is 21.1. The Hall–Kier alpha value is -3.71. The molecule has 3 rings (SSSR count). The number of nitrogens with one attached hydrogen (secondary N) is 3. The van der Waals surface area contributed by atoms with Crippen LogP contribution in [-0.2, 0) is 25.6 Å². The Morgan fingerprint density at radius 1 is 1.04 bits per heavy atom. The van der Waals surface area contributed by atoms with Gasteiger partial charge in [0.25, 0.3) is 5.91 Å². The summed E-state index contributed by atoms with van der Waals surface area (Å²) in [5.41, 5.74) is 4.56. The van der Waals surface area contributed by atoms with E-state index >= 15 is 0 Å². The molecule has 1 aromatic rings. The summed E-state index contributed by atoms with van der Waals surface area (Å²) in [4.78, 5) is 71.4. The van der Waals surface area contributed by atoms with Gasteiger partial charge in [0, 0.05) is 36.8 Å². The average molecular weight is 667 g/mol. The molecule has 1 saturated heterocycles. The topological polar surface area (TPSA) is 164 Å². The number of likely N-dealkylation sites (tertiary alicyclic amines) is 1. The van der Waals surface area contributed by atoms with E-state index in [0.29, 0.717) is 12.8 Å². The first kappa shape index (κ1) is 37.7. The molecule has 0 spiro atoms. The third kappa shape index (κ3) is 10.4. The number of carbonyl (C=O) groups excluding carboxylic acids is 5. The molecular weight excluding hydrogens is 617 g/mol. The highest BCUT2D eigenvalue weighted by Gasteiger charge is 2.48. The molecular formula is C33H49F3N6O5. The van der Waals surface area contributed by atoms with Crippen molar-refractivity contribution in [2.45, 2.75) is 122 Å². The fourth-order valence-electron chi connectivity index (χ4n) is 6.75. The second-order valence-corrected chi connectivity index (χ2v) is 14.4. The maximum absolute atomic E-state index is 14.3. The van der Waals surface area contributed by atoms with E-state index < -0.39 is 83.6 Å². The molecule has 2 heterocycles. The van der Waals surface area contributed by atoms with Crippen LogP contribution in [0.5, 0.6) is 0 Å². The van der Waals surface area contributed by atoms with E-state index in [4.69, 9.17) is 5.73 Å². The number of rotatable bonds is 12. The van der Waals surface area contributed by atoms with Crippen molar-refractivity contribution >= 4 is 29.5 Å².